The average molecular weight is 324 g/mol. The lowest BCUT2D eigenvalue weighted by molar-refractivity contribution is -0.216. The van der Waals surface area contributed by atoms with E-state index in [1.54, 1.807) is 7.11 Å². The number of aliphatic hydroxyl groups is 1. The van der Waals surface area contributed by atoms with Crippen LogP contribution in [0.4, 0.5) is 0 Å². The fraction of sp³-hybridized carbons (Fsp3) is 0.647. The molecule has 0 unspecified atom stereocenters. The largest absolute Gasteiger partial charge is 0.497 e. The summed E-state index contributed by atoms with van der Waals surface area (Å²) < 4.78 is 27.8. The monoisotopic (exact) mass is 324 g/mol. The molecule has 0 saturated carbocycles. The van der Waals surface area contributed by atoms with E-state index in [1.165, 1.54) is 0 Å². The standard InChI is InChI=1S/C17H24O6/c1-17(2)22-15-14(18)13(21-16(15)23-17)8-9-20-10-11-4-6-12(19-3)7-5-11/h4-7,13-16,18H,8-10H2,1-3H3/t13-,14+,15-,16-/m1/s1. The Bertz CT molecular complexity index is 514. The molecule has 128 valence electrons. The van der Waals surface area contributed by atoms with Gasteiger partial charge in [0.1, 0.15) is 18.0 Å². The second-order valence-electron chi connectivity index (χ2n) is 6.32. The fourth-order valence-corrected chi connectivity index (χ4v) is 2.91. The minimum absolute atomic E-state index is 0.322. The molecule has 0 spiro atoms. The summed E-state index contributed by atoms with van der Waals surface area (Å²) in [5.41, 5.74) is 1.07. The van der Waals surface area contributed by atoms with Crippen LogP contribution in [0, 0.1) is 0 Å². The van der Waals surface area contributed by atoms with Crippen LogP contribution in [0.2, 0.25) is 0 Å². The van der Waals surface area contributed by atoms with E-state index >= 15 is 0 Å². The molecule has 6 heteroatoms. The summed E-state index contributed by atoms with van der Waals surface area (Å²) in [7, 11) is 1.64. The van der Waals surface area contributed by atoms with E-state index < -0.39 is 24.3 Å². The fourth-order valence-electron chi connectivity index (χ4n) is 2.91. The van der Waals surface area contributed by atoms with Crippen molar-refractivity contribution >= 4 is 0 Å². The van der Waals surface area contributed by atoms with E-state index in [-0.39, 0.29) is 6.10 Å². The van der Waals surface area contributed by atoms with Gasteiger partial charge in [0.2, 0.25) is 0 Å². The third kappa shape index (κ3) is 3.84. The highest BCUT2D eigenvalue weighted by Crippen LogP contribution is 2.38. The van der Waals surface area contributed by atoms with Gasteiger partial charge in [0.15, 0.2) is 12.1 Å². The van der Waals surface area contributed by atoms with Crippen LogP contribution in [-0.2, 0) is 25.6 Å². The van der Waals surface area contributed by atoms with Crippen molar-refractivity contribution in [3.05, 3.63) is 29.8 Å². The summed E-state index contributed by atoms with van der Waals surface area (Å²) in [6.45, 7) is 4.64. The molecule has 2 heterocycles. The molecule has 4 atom stereocenters. The zero-order valence-corrected chi connectivity index (χ0v) is 13.7. The Kier molecular flexibility index (Phi) is 4.89. The third-order valence-corrected chi connectivity index (χ3v) is 4.09. The van der Waals surface area contributed by atoms with Gasteiger partial charge in [-0.2, -0.15) is 0 Å². The summed E-state index contributed by atoms with van der Waals surface area (Å²) in [4.78, 5) is 0. The molecule has 1 aromatic carbocycles. The van der Waals surface area contributed by atoms with Gasteiger partial charge in [-0.1, -0.05) is 12.1 Å². The molecule has 0 aliphatic carbocycles. The first-order chi connectivity index (χ1) is 11.0. The van der Waals surface area contributed by atoms with Crippen molar-refractivity contribution in [2.45, 2.75) is 57.3 Å². The van der Waals surface area contributed by atoms with Gasteiger partial charge in [-0.3, -0.25) is 0 Å². The first-order valence-corrected chi connectivity index (χ1v) is 7.88. The molecule has 0 radical (unpaired) electrons. The van der Waals surface area contributed by atoms with Crippen LogP contribution in [-0.4, -0.2) is 49.2 Å². The maximum atomic E-state index is 10.3. The number of methoxy groups -OCH3 is 1. The van der Waals surface area contributed by atoms with E-state index in [4.69, 9.17) is 23.7 Å². The second kappa shape index (κ2) is 6.75. The summed E-state index contributed by atoms with van der Waals surface area (Å²) in [5, 5.41) is 10.3. The maximum absolute atomic E-state index is 10.3. The molecule has 0 aromatic heterocycles. The first kappa shape index (κ1) is 16.7. The molecule has 6 nitrogen and oxygen atoms in total. The molecule has 3 rings (SSSR count). The normalized spacial score (nSPS) is 32.0. The topological polar surface area (TPSA) is 66.4 Å². The Hall–Kier alpha value is -1.18. The van der Waals surface area contributed by atoms with Crippen LogP contribution < -0.4 is 4.74 Å². The molecule has 2 saturated heterocycles. The average Bonchev–Trinajstić information content (AvgIpc) is 2.98. The van der Waals surface area contributed by atoms with Crippen molar-refractivity contribution in [2.75, 3.05) is 13.7 Å². The molecule has 1 aromatic rings. The van der Waals surface area contributed by atoms with Gasteiger partial charge in [-0.25, -0.2) is 0 Å². The van der Waals surface area contributed by atoms with Crippen molar-refractivity contribution in [1.29, 1.82) is 0 Å². The zero-order valence-electron chi connectivity index (χ0n) is 13.7. The predicted octanol–water partition coefficient (Wildman–Crippen LogP) is 1.84. The highest BCUT2D eigenvalue weighted by atomic mass is 16.8. The number of aliphatic hydroxyl groups excluding tert-OH is 1. The van der Waals surface area contributed by atoms with Crippen LogP contribution >= 0.6 is 0 Å². The van der Waals surface area contributed by atoms with Crippen LogP contribution in [0.15, 0.2) is 24.3 Å². The Morgan fingerprint density at radius 2 is 1.91 bits per heavy atom. The van der Waals surface area contributed by atoms with Crippen molar-refractivity contribution in [2.24, 2.45) is 0 Å². The van der Waals surface area contributed by atoms with Crippen molar-refractivity contribution in [3.63, 3.8) is 0 Å². The molecular formula is C17H24O6. The van der Waals surface area contributed by atoms with Gasteiger partial charge in [0, 0.05) is 6.61 Å². The molecule has 2 fully saturated rings. The highest BCUT2D eigenvalue weighted by Gasteiger charge is 2.53. The minimum atomic E-state index is -0.702. The van der Waals surface area contributed by atoms with Gasteiger partial charge < -0.3 is 28.8 Å². The smallest absolute Gasteiger partial charge is 0.190 e. The number of hydrogen-bond donors (Lipinski definition) is 1. The van der Waals surface area contributed by atoms with Gasteiger partial charge in [0.25, 0.3) is 0 Å². The quantitative estimate of drug-likeness (QED) is 0.806. The van der Waals surface area contributed by atoms with Crippen molar-refractivity contribution in [1.82, 2.24) is 0 Å². The van der Waals surface area contributed by atoms with E-state index in [0.717, 1.165) is 11.3 Å². The highest BCUT2D eigenvalue weighted by molar-refractivity contribution is 5.26. The Labute approximate surface area is 136 Å². The third-order valence-electron chi connectivity index (χ3n) is 4.09. The molecular weight excluding hydrogens is 300 g/mol. The van der Waals surface area contributed by atoms with Gasteiger partial charge in [0.05, 0.1) is 19.8 Å². The maximum Gasteiger partial charge on any atom is 0.190 e. The lowest BCUT2D eigenvalue weighted by Gasteiger charge is -2.22. The number of benzene rings is 1. The van der Waals surface area contributed by atoms with Crippen LogP contribution in [0.25, 0.3) is 0 Å². The van der Waals surface area contributed by atoms with Gasteiger partial charge in [-0.15, -0.1) is 0 Å². The lowest BCUT2D eigenvalue weighted by Crippen LogP contribution is -2.34. The van der Waals surface area contributed by atoms with E-state index in [1.807, 2.05) is 38.1 Å². The summed E-state index contributed by atoms with van der Waals surface area (Å²) in [6.07, 6.45) is -1.33. The number of fused-ring (bicyclic) bond motifs is 1. The van der Waals surface area contributed by atoms with E-state index in [9.17, 15) is 5.11 Å². The molecule has 23 heavy (non-hydrogen) atoms. The van der Waals surface area contributed by atoms with E-state index in [2.05, 4.69) is 0 Å². The minimum Gasteiger partial charge on any atom is -0.497 e. The summed E-state index contributed by atoms with van der Waals surface area (Å²) >= 11 is 0. The van der Waals surface area contributed by atoms with E-state index in [0.29, 0.717) is 19.6 Å². The zero-order chi connectivity index (χ0) is 16.4. The van der Waals surface area contributed by atoms with Gasteiger partial charge in [-0.05, 0) is 38.0 Å². The number of ether oxygens (including phenoxy) is 5. The first-order valence-electron chi connectivity index (χ1n) is 7.88. The van der Waals surface area contributed by atoms with Crippen LogP contribution in [0.1, 0.15) is 25.8 Å². The molecule has 0 amide bonds. The molecule has 1 N–H and O–H groups in total. The number of hydrogen-bond acceptors (Lipinski definition) is 6. The SMILES string of the molecule is COc1ccc(COCC[C@H]2O[C@@H]3OC(C)(C)O[C@@H]3[C@H]2O)cc1. The molecule has 2 aliphatic heterocycles. The van der Waals surface area contributed by atoms with Crippen LogP contribution in [0.5, 0.6) is 5.75 Å². The predicted molar refractivity (Wildman–Crippen MR) is 82.0 cm³/mol. The Balaban J connectivity index is 1.40. The second-order valence-corrected chi connectivity index (χ2v) is 6.32. The summed E-state index contributed by atoms with van der Waals surface area (Å²) in [6, 6.07) is 7.74. The lowest BCUT2D eigenvalue weighted by atomic mass is 10.1. The van der Waals surface area contributed by atoms with Crippen molar-refractivity contribution in [3.8, 4) is 5.75 Å². The molecule has 2 aliphatic rings. The Morgan fingerprint density at radius 1 is 1.17 bits per heavy atom. The molecule has 0 bridgehead atoms. The number of rotatable bonds is 6. The van der Waals surface area contributed by atoms with Crippen LogP contribution in [0.3, 0.4) is 0 Å². The summed E-state index contributed by atoms with van der Waals surface area (Å²) in [5.74, 6) is 0.122. The van der Waals surface area contributed by atoms with Crippen molar-refractivity contribution < 1.29 is 28.8 Å². The van der Waals surface area contributed by atoms with Gasteiger partial charge >= 0.3 is 0 Å². The Morgan fingerprint density at radius 3 is 2.57 bits per heavy atom.